The third kappa shape index (κ3) is 5.43. The maximum atomic E-state index is 13.0. The lowest BCUT2D eigenvalue weighted by molar-refractivity contribution is 0.225. The van der Waals surface area contributed by atoms with Gasteiger partial charge in [-0.25, -0.2) is 4.68 Å². The lowest BCUT2D eigenvalue weighted by atomic mass is 9.95. The number of H-pyrrole nitrogens is 1. The van der Waals surface area contributed by atoms with E-state index in [2.05, 4.69) is 50.5 Å². The SMILES string of the molecule is COc1ccc(CN(Cc2cc3cc(C)ccc3[nH]c2=O)Cc2nnnn2C2CCCCC2)cc1. The van der Waals surface area contributed by atoms with Crippen LogP contribution in [0.4, 0.5) is 0 Å². The molecule has 1 N–H and O–H groups in total. The van der Waals surface area contributed by atoms with E-state index < -0.39 is 0 Å². The molecular weight excluding hydrogens is 440 g/mol. The van der Waals surface area contributed by atoms with Crippen molar-refractivity contribution < 1.29 is 4.74 Å². The molecule has 8 heteroatoms. The summed E-state index contributed by atoms with van der Waals surface area (Å²) in [7, 11) is 1.67. The number of nitrogens with one attached hydrogen (secondary N) is 1. The number of methoxy groups -OCH3 is 1. The van der Waals surface area contributed by atoms with Crippen molar-refractivity contribution in [1.29, 1.82) is 0 Å². The zero-order chi connectivity index (χ0) is 24.2. The highest BCUT2D eigenvalue weighted by Gasteiger charge is 2.22. The summed E-state index contributed by atoms with van der Waals surface area (Å²) in [5.74, 6) is 1.67. The van der Waals surface area contributed by atoms with Gasteiger partial charge in [-0.2, -0.15) is 0 Å². The quantitative estimate of drug-likeness (QED) is 0.405. The van der Waals surface area contributed by atoms with Crippen molar-refractivity contribution in [2.24, 2.45) is 0 Å². The molecule has 1 aliphatic rings. The summed E-state index contributed by atoms with van der Waals surface area (Å²) < 4.78 is 7.32. The molecule has 5 rings (SSSR count). The second kappa shape index (κ2) is 10.4. The molecule has 0 atom stereocenters. The van der Waals surface area contributed by atoms with Crippen LogP contribution in [0.25, 0.3) is 10.9 Å². The van der Waals surface area contributed by atoms with Crippen molar-refractivity contribution in [2.75, 3.05) is 7.11 Å². The van der Waals surface area contributed by atoms with Gasteiger partial charge in [-0.1, -0.05) is 43.0 Å². The number of aromatic nitrogens is 5. The molecule has 0 saturated heterocycles. The van der Waals surface area contributed by atoms with Crippen LogP contribution in [0.5, 0.6) is 5.75 Å². The molecule has 4 aromatic rings. The first-order chi connectivity index (χ1) is 17.1. The average molecular weight is 473 g/mol. The highest BCUT2D eigenvalue weighted by molar-refractivity contribution is 5.79. The molecule has 2 heterocycles. The van der Waals surface area contributed by atoms with E-state index in [1.54, 1.807) is 7.11 Å². The second-order valence-electron chi connectivity index (χ2n) is 9.54. The highest BCUT2D eigenvalue weighted by Crippen LogP contribution is 2.28. The summed E-state index contributed by atoms with van der Waals surface area (Å²) in [4.78, 5) is 18.2. The van der Waals surface area contributed by atoms with Crippen molar-refractivity contribution in [3.63, 3.8) is 0 Å². The minimum Gasteiger partial charge on any atom is -0.497 e. The molecule has 0 amide bonds. The van der Waals surface area contributed by atoms with Gasteiger partial charge in [0.1, 0.15) is 5.75 Å². The monoisotopic (exact) mass is 472 g/mol. The Labute approximate surface area is 204 Å². The summed E-state index contributed by atoms with van der Waals surface area (Å²) in [6.45, 7) is 3.77. The summed E-state index contributed by atoms with van der Waals surface area (Å²) in [6.07, 6.45) is 5.93. The molecule has 182 valence electrons. The maximum Gasteiger partial charge on any atom is 0.252 e. The number of aryl methyl sites for hydroxylation is 1. The first-order valence-corrected chi connectivity index (χ1v) is 12.3. The van der Waals surface area contributed by atoms with E-state index in [1.807, 2.05) is 35.0 Å². The number of aromatic amines is 1. The minimum absolute atomic E-state index is 0.0621. The van der Waals surface area contributed by atoms with Crippen molar-refractivity contribution in [1.82, 2.24) is 30.1 Å². The van der Waals surface area contributed by atoms with Crippen LogP contribution in [-0.2, 0) is 19.6 Å². The van der Waals surface area contributed by atoms with Gasteiger partial charge in [-0.3, -0.25) is 9.69 Å². The van der Waals surface area contributed by atoms with E-state index in [0.29, 0.717) is 25.7 Å². The molecule has 35 heavy (non-hydrogen) atoms. The fourth-order valence-electron chi connectivity index (χ4n) is 5.01. The molecule has 0 radical (unpaired) electrons. The number of hydrogen-bond donors (Lipinski definition) is 1. The largest absolute Gasteiger partial charge is 0.497 e. The minimum atomic E-state index is -0.0621. The Hall–Kier alpha value is -3.52. The van der Waals surface area contributed by atoms with Crippen LogP contribution in [0, 0.1) is 6.92 Å². The Morgan fingerprint density at radius 1 is 1.03 bits per heavy atom. The second-order valence-corrected chi connectivity index (χ2v) is 9.54. The topological polar surface area (TPSA) is 88.9 Å². The lowest BCUT2D eigenvalue weighted by Gasteiger charge is -2.25. The summed E-state index contributed by atoms with van der Waals surface area (Å²) in [5, 5.41) is 13.8. The molecule has 1 saturated carbocycles. The van der Waals surface area contributed by atoms with Crippen LogP contribution in [-0.4, -0.2) is 37.2 Å². The molecule has 0 aliphatic heterocycles. The van der Waals surface area contributed by atoms with Crippen molar-refractivity contribution >= 4 is 10.9 Å². The lowest BCUT2D eigenvalue weighted by Crippen LogP contribution is -2.29. The maximum absolute atomic E-state index is 13.0. The van der Waals surface area contributed by atoms with Gasteiger partial charge in [-0.05, 0) is 71.5 Å². The first-order valence-electron chi connectivity index (χ1n) is 12.3. The van der Waals surface area contributed by atoms with Crippen LogP contribution in [0.1, 0.15) is 60.7 Å². The van der Waals surface area contributed by atoms with Gasteiger partial charge in [0.2, 0.25) is 0 Å². The predicted octanol–water partition coefficient (Wildman–Crippen LogP) is 4.54. The molecule has 1 aliphatic carbocycles. The molecule has 2 aromatic heterocycles. The van der Waals surface area contributed by atoms with Gasteiger partial charge in [0.05, 0.1) is 19.7 Å². The summed E-state index contributed by atoms with van der Waals surface area (Å²) in [5.41, 5.74) is 3.82. The van der Waals surface area contributed by atoms with E-state index in [9.17, 15) is 4.79 Å². The van der Waals surface area contributed by atoms with Gasteiger partial charge in [0.15, 0.2) is 5.82 Å². The standard InChI is InChI=1S/C27H32N6O2/c1-19-8-13-25-21(14-19)15-22(27(34)28-25)17-32(16-20-9-11-24(35-2)12-10-20)18-26-29-30-31-33(26)23-6-4-3-5-7-23/h8-15,23H,3-7,16-18H2,1-2H3,(H,28,34). The number of fused-ring (bicyclic) bond motifs is 1. The fourth-order valence-corrected chi connectivity index (χ4v) is 5.01. The number of hydrogen-bond acceptors (Lipinski definition) is 6. The van der Waals surface area contributed by atoms with Gasteiger partial charge in [0.25, 0.3) is 5.56 Å². The number of tetrazole rings is 1. The zero-order valence-corrected chi connectivity index (χ0v) is 20.4. The average Bonchev–Trinajstić information content (AvgIpc) is 3.34. The molecule has 0 bridgehead atoms. The first kappa shape index (κ1) is 23.2. The Kier molecular flexibility index (Phi) is 6.90. The molecule has 8 nitrogen and oxygen atoms in total. The van der Waals surface area contributed by atoms with E-state index in [1.165, 1.54) is 19.3 Å². The molecule has 2 aromatic carbocycles. The highest BCUT2D eigenvalue weighted by atomic mass is 16.5. The molecule has 0 spiro atoms. The van der Waals surface area contributed by atoms with E-state index in [-0.39, 0.29) is 5.56 Å². The van der Waals surface area contributed by atoms with E-state index >= 15 is 0 Å². The van der Waals surface area contributed by atoms with Crippen LogP contribution < -0.4 is 10.3 Å². The number of ether oxygens (including phenoxy) is 1. The van der Waals surface area contributed by atoms with Crippen LogP contribution >= 0.6 is 0 Å². The smallest absolute Gasteiger partial charge is 0.252 e. The Morgan fingerprint density at radius 3 is 2.60 bits per heavy atom. The Morgan fingerprint density at radius 2 is 1.83 bits per heavy atom. The van der Waals surface area contributed by atoms with Crippen molar-refractivity contribution in [3.8, 4) is 5.75 Å². The van der Waals surface area contributed by atoms with E-state index in [4.69, 9.17) is 4.74 Å². The van der Waals surface area contributed by atoms with Gasteiger partial charge in [-0.15, -0.1) is 5.10 Å². The van der Waals surface area contributed by atoms with Gasteiger partial charge in [0, 0.05) is 24.2 Å². The molecule has 1 fully saturated rings. The zero-order valence-electron chi connectivity index (χ0n) is 20.4. The number of nitrogens with zero attached hydrogens (tertiary/aromatic N) is 5. The van der Waals surface area contributed by atoms with Crippen LogP contribution in [0.15, 0.2) is 53.3 Å². The third-order valence-corrected chi connectivity index (χ3v) is 6.88. The predicted molar refractivity (Wildman–Crippen MR) is 135 cm³/mol. The normalized spacial score (nSPS) is 14.6. The molecular formula is C27H32N6O2. The number of rotatable bonds is 8. The summed E-state index contributed by atoms with van der Waals surface area (Å²) in [6, 6.07) is 16.5. The van der Waals surface area contributed by atoms with Gasteiger partial charge >= 0.3 is 0 Å². The van der Waals surface area contributed by atoms with E-state index in [0.717, 1.165) is 52.0 Å². The number of pyridine rings is 1. The Balaban J connectivity index is 1.44. The van der Waals surface area contributed by atoms with Crippen molar-refractivity contribution in [2.45, 2.75) is 64.7 Å². The fraction of sp³-hybridized carbons (Fsp3) is 0.407. The van der Waals surface area contributed by atoms with Gasteiger partial charge < -0.3 is 9.72 Å². The third-order valence-electron chi connectivity index (χ3n) is 6.88. The number of benzene rings is 2. The Bertz CT molecular complexity index is 1340. The molecule has 0 unspecified atom stereocenters. The van der Waals surface area contributed by atoms with Crippen LogP contribution in [0.3, 0.4) is 0 Å². The van der Waals surface area contributed by atoms with Crippen LogP contribution in [0.2, 0.25) is 0 Å². The van der Waals surface area contributed by atoms with Crippen molar-refractivity contribution in [3.05, 3.63) is 81.4 Å². The summed E-state index contributed by atoms with van der Waals surface area (Å²) >= 11 is 0.